The number of anilines is 2. The number of carbonyl (C=O) groups is 1. The molecule has 0 aliphatic heterocycles. The van der Waals surface area contributed by atoms with E-state index in [2.05, 4.69) is 70.5 Å². The van der Waals surface area contributed by atoms with Crippen molar-refractivity contribution in [2.45, 2.75) is 0 Å². The Kier molecular flexibility index (Phi) is 6.09. The molecule has 0 N–H and O–H groups in total. The molecule has 160 valence electrons. The fourth-order valence-corrected chi connectivity index (χ4v) is 3.85. The first kappa shape index (κ1) is 21.4. The molecule has 4 rings (SSSR count). The summed E-state index contributed by atoms with van der Waals surface area (Å²) in [5.74, 6) is 0.0560. The van der Waals surface area contributed by atoms with Gasteiger partial charge >= 0.3 is 0 Å². The van der Waals surface area contributed by atoms with Gasteiger partial charge in [0.05, 0.1) is 0 Å². The average Bonchev–Trinajstić information content (AvgIpc) is 2.81. The first-order valence-electron chi connectivity index (χ1n) is 10.7. The summed E-state index contributed by atoms with van der Waals surface area (Å²) in [7, 11) is 8.18. The summed E-state index contributed by atoms with van der Waals surface area (Å²) in [5.41, 5.74) is 8.52. The van der Waals surface area contributed by atoms with Gasteiger partial charge in [-0.15, -0.1) is 0 Å². The van der Waals surface area contributed by atoms with Crippen molar-refractivity contribution in [1.82, 2.24) is 0 Å². The van der Waals surface area contributed by atoms with Gasteiger partial charge in [0.25, 0.3) is 0 Å². The van der Waals surface area contributed by atoms with Gasteiger partial charge in [-0.2, -0.15) is 0 Å². The van der Waals surface area contributed by atoms with E-state index in [4.69, 9.17) is 0 Å². The molecule has 3 heteroatoms. The summed E-state index contributed by atoms with van der Waals surface area (Å²) in [4.78, 5) is 16.4. The Labute approximate surface area is 190 Å². The molecule has 0 fully saturated rings. The van der Waals surface area contributed by atoms with Crippen LogP contribution in [0.4, 0.5) is 11.4 Å². The largest absolute Gasteiger partial charge is 0.378 e. The molecule has 0 atom stereocenters. The van der Waals surface area contributed by atoms with Crippen molar-refractivity contribution in [3.8, 4) is 0 Å². The van der Waals surface area contributed by atoms with E-state index < -0.39 is 0 Å². The lowest BCUT2D eigenvalue weighted by molar-refractivity contribution is 0.104. The van der Waals surface area contributed by atoms with E-state index in [0.29, 0.717) is 0 Å². The molecule has 0 radical (unpaired) electrons. The zero-order valence-corrected chi connectivity index (χ0v) is 19.0. The highest BCUT2D eigenvalue weighted by molar-refractivity contribution is 6.12. The molecule has 3 aromatic rings. The molecule has 1 aliphatic carbocycles. The van der Waals surface area contributed by atoms with Crippen LogP contribution in [0.3, 0.4) is 0 Å². The third-order valence-electron chi connectivity index (χ3n) is 5.74. The molecule has 0 bridgehead atoms. The van der Waals surface area contributed by atoms with Gasteiger partial charge in [0.15, 0.2) is 5.78 Å². The van der Waals surface area contributed by atoms with E-state index in [1.54, 1.807) is 6.08 Å². The fourth-order valence-electron chi connectivity index (χ4n) is 3.85. The van der Waals surface area contributed by atoms with E-state index in [1.165, 1.54) is 0 Å². The van der Waals surface area contributed by atoms with Crippen molar-refractivity contribution in [3.05, 3.63) is 119 Å². The molecule has 1 aliphatic rings. The Balaban J connectivity index is 1.80. The van der Waals surface area contributed by atoms with E-state index in [0.717, 1.165) is 44.8 Å². The summed E-state index contributed by atoms with van der Waals surface area (Å²) in [5, 5.41) is 0. The molecule has 3 aromatic carbocycles. The second kappa shape index (κ2) is 9.11. The first-order chi connectivity index (χ1) is 15.4. The van der Waals surface area contributed by atoms with Crippen molar-refractivity contribution in [2.75, 3.05) is 38.0 Å². The Morgan fingerprint density at radius 2 is 1.16 bits per heavy atom. The van der Waals surface area contributed by atoms with Gasteiger partial charge < -0.3 is 9.80 Å². The normalized spacial score (nSPS) is 13.6. The molecule has 32 heavy (non-hydrogen) atoms. The van der Waals surface area contributed by atoms with Crippen LogP contribution in [0.5, 0.6) is 0 Å². The molecule has 0 saturated heterocycles. The summed E-state index contributed by atoms with van der Waals surface area (Å²) >= 11 is 0. The maximum absolute atomic E-state index is 12.2. The maximum atomic E-state index is 12.2. The number of hydrogen-bond acceptors (Lipinski definition) is 3. The van der Waals surface area contributed by atoms with Crippen LogP contribution in [0, 0.1) is 0 Å². The SMILES string of the molecule is CN(C)c1ccc(C(=C/C=C2\C=CC(=O)c3ccccc32)c2ccc(N(C)C)cc2)cc1. The van der Waals surface area contributed by atoms with Crippen molar-refractivity contribution in [3.63, 3.8) is 0 Å². The third-order valence-corrected chi connectivity index (χ3v) is 5.74. The minimum atomic E-state index is 0.0560. The van der Waals surface area contributed by atoms with Crippen LogP contribution in [0.15, 0.2) is 97.1 Å². The molecular weight excluding hydrogens is 392 g/mol. The highest BCUT2D eigenvalue weighted by Gasteiger charge is 2.15. The van der Waals surface area contributed by atoms with Crippen LogP contribution in [0.1, 0.15) is 27.0 Å². The fraction of sp³-hybridized carbons (Fsp3) is 0.138. The van der Waals surface area contributed by atoms with Crippen molar-refractivity contribution < 1.29 is 4.79 Å². The second-order valence-electron chi connectivity index (χ2n) is 8.33. The Hall–Kier alpha value is -3.85. The van der Waals surface area contributed by atoms with Gasteiger partial charge in [-0.25, -0.2) is 0 Å². The monoisotopic (exact) mass is 420 g/mol. The summed E-state index contributed by atoms with van der Waals surface area (Å²) in [6.45, 7) is 0. The average molecular weight is 421 g/mol. The summed E-state index contributed by atoms with van der Waals surface area (Å²) in [6.07, 6.45) is 7.82. The number of hydrogen-bond donors (Lipinski definition) is 0. The highest BCUT2D eigenvalue weighted by atomic mass is 16.1. The summed E-state index contributed by atoms with van der Waals surface area (Å²) < 4.78 is 0. The van der Waals surface area contributed by atoms with Crippen LogP contribution in [-0.4, -0.2) is 34.0 Å². The number of fused-ring (bicyclic) bond motifs is 1. The van der Waals surface area contributed by atoms with E-state index in [-0.39, 0.29) is 5.78 Å². The Morgan fingerprint density at radius 3 is 1.66 bits per heavy atom. The van der Waals surface area contributed by atoms with Crippen molar-refractivity contribution in [1.29, 1.82) is 0 Å². The zero-order chi connectivity index (χ0) is 22.7. The molecule has 0 spiro atoms. The smallest absolute Gasteiger partial charge is 0.186 e. The molecule has 0 heterocycles. The van der Waals surface area contributed by atoms with Crippen LogP contribution >= 0.6 is 0 Å². The number of nitrogens with zero attached hydrogens (tertiary/aromatic N) is 2. The lowest BCUT2D eigenvalue weighted by Gasteiger charge is -2.16. The van der Waals surface area contributed by atoms with Crippen LogP contribution in [0.2, 0.25) is 0 Å². The predicted octanol–water partition coefficient (Wildman–Crippen LogP) is 6.09. The van der Waals surface area contributed by atoms with Gasteiger partial charge in [-0.05, 0) is 58.2 Å². The number of benzene rings is 3. The van der Waals surface area contributed by atoms with Gasteiger partial charge in [-0.1, -0.05) is 66.8 Å². The minimum absolute atomic E-state index is 0.0560. The quantitative estimate of drug-likeness (QED) is 0.499. The van der Waals surface area contributed by atoms with Gasteiger partial charge in [0.1, 0.15) is 0 Å². The van der Waals surface area contributed by atoms with Gasteiger partial charge in [0, 0.05) is 45.1 Å². The highest BCUT2D eigenvalue weighted by Crippen LogP contribution is 2.30. The van der Waals surface area contributed by atoms with E-state index in [9.17, 15) is 4.79 Å². The lowest BCUT2D eigenvalue weighted by atomic mass is 9.90. The Morgan fingerprint density at radius 1 is 0.656 bits per heavy atom. The number of rotatable bonds is 5. The second-order valence-corrected chi connectivity index (χ2v) is 8.33. The molecule has 0 aromatic heterocycles. The standard InChI is InChI=1S/C29H28N2O/c1-30(2)24-15-9-21(10-16-24)26(22-11-17-25(18-12-22)31(3)4)19-13-23-14-20-29(32)28-8-6-5-7-27(23)28/h5-20H,1-4H3/b23-13+. The van der Waals surface area contributed by atoms with Crippen LogP contribution < -0.4 is 9.80 Å². The topological polar surface area (TPSA) is 23.6 Å². The minimum Gasteiger partial charge on any atom is -0.378 e. The number of ketones is 1. The van der Waals surface area contributed by atoms with Crippen molar-refractivity contribution >= 4 is 28.3 Å². The molecular formula is C29H28N2O. The van der Waals surface area contributed by atoms with Gasteiger partial charge in [-0.3, -0.25) is 4.79 Å². The van der Waals surface area contributed by atoms with Crippen LogP contribution in [0.25, 0.3) is 11.1 Å². The van der Waals surface area contributed by atoms with E-state index in [1.807, 2.05) is 58.5 Å². The first-order valence-corrected chi connectivity index (χ1v) is 10.7. The lowest BCUT2D eigenvalue weighted by Crippen LogP contribution is -2.08. The van der Waals surface area contributed by atoms with Crippen LogP contribution in [-0.2, 0) is 0 Å². The van der Waals surface area contributed by atoms with Crippen molar-refractivity contribution in [2.24, 2.45) is 0 Å². The Bertz CT molecular complexity index is 1160. The predicted molar refractivity (Wildman–Crippen MR) is 137 cm³/mol. The maximum Gasteiger partial charge on any atom is 0.186 e. The molecule has 0 saturated carbocycles. The zero-order valence-electron chi connectivity index (χ0n) is 19.0. The molecule has 0 unspecified atom stereocenters. The van der Waals surface area contributed by atoms with E-state index >= 15 is 0 Å². The molecule has 0 amide bonds. The number of carbonyl (C=O) groups excluding carboxylic acids is 1. The van der Waals surface area contributed by atoms with Gasteiger partial charge in [0.2, 0.25) is 0 Å². The number of allylic oxidation sites excluding steroid dienone is 5. The molecule has 3 nitrogen and oxygen atoms in total. The summed E-state index contributed by atoms with van der Waals surface area (Å²) in [6, 6.07) is 25.0. The third kappa shape index (κ3) is 4.42.